The number of pyridine rings is 2. The number of hydrogen-bond acceptors (Lipinski definition) is 3. The zero-order valence-corrected chi connectivity index (χ0v) is 14.2. The molecule has 28 heavy (non-hydrogen) atoms. The number of fused-ring (bicyclic) bond motifs is 3. The number of rotatable bonds is 3. The molecule has 1 atom stereocenters. The van der Waals surface area contributed by atoms with Crippen molar-refractivity contribution in [3.05, 3.63) is 82.5 Å². The van der Waals surface area contributed by atoms with Crippen molar-refractivity contribution in [2.45, 2.75) is 12.2 Å². The van der Waals surface area contributed by atoms with E-state index in [2.05, 4.69) is 15.3 Å². The van der Waals surface area contributed by atoms with Crippen molar-refractivity contribution in [1.82, 2.24) is 9.97 Å². The maximum atomic E-state index is 13.8. The standard InChI is InChI=1S/C20H13F4N3O/c21-12-6-7-13-14(10-12)16-15(8-9-25-19(16)28)26-18(13)27-17(20(22,23)24)11-4-2-1-3-5-11/h1-10,17H,(H,25,28)(H,26,27). The summed E-state index contributed by atoms with van der Waals surface area (Å²) in [5.74, 6) is -0.691. The number of alkyl halides is 3. The third-order valence-corrected chi connectivity index (χ3v) is 4.42. The van der Waals surface area contributed by atoms with Crippen molar-refractivity contribution in [3.63, 3.8) is 0 Å². The van der Waals surface area contributed by atoms with E-state index in [1.54, 1.807) is 6.07 Å². The summed E-state index contributed by atoms with van der Waals surface area (Å²) in [6, 6.07) is 10.3. The fourth-order valence-corrected chi connectivity index (χ4v) is 3.18. The fraction of sp³-hybridized carbons (Fsp3) is 0.100. The molecule has 1 unspecified atom stereocenters. The first-order valence-corrected chi connectivity index (χ1v) is 8.33. The topological polar surface area (TPSA) is 57.8 Å². The monoisotopic (exact) mass is 387 g/mol. The van der Waals surface area contributed by atoms with Crippen LogP contribution < -0.4 is 10.9 Å². The first-order valence-electron chi connectivity index (χ1n) is 8.33. The van der Waals surface area contributed by atoms with Gasteiger partial charge in [0.15, 0.2) is 0 Å². The molecule has 0 aliphatic rings. The lowest BCUT2D eigenvalue weighted by molar-refractivity contribution is -0.144. The Kier molecular flexibility index (Phi) is 4.26. The molecule has 0 bridgehead atoms. The maximum absolute atomic E-state index is 13.8. The first kappa shape index (κ1) is 18.0. The van der Waals surface area contributed by atoms with Crippen LogP contribution in [0.15, 0.2) is 65.6 Å². The van der Waals surface area contributed by atoms with E-state index >= 15 is 0 Å². The molecule has 142 valence electrons. The molecule has 2 aromatic heterocycles. The smallest absolute Gasteiger partial charge is 0.355 e. The van der Waals surface area contributed by atoms with Crippen molar-refractivity contribution in [2.75, 3.05) is 5.32 Å². The van der Waals surface area contributed by atoms with Crippen molar-refractivity contribution in [1.29, 1.82) is 0 Å². The van der Waals surface area contributed by atoms with Crippen molar-refractivity contribution in [2.24, 2.45) is 0 Å². The number of anilines is 1. The van der Waals surface area contributed by atoms with Gasteiger partial charge in [-0.1, -0.05) is 30.3 Å². The molecule has 2 N–H and O–H groups in total. The second-order valence-corrected chi connectivity index (χ2v) is 6.25. The SMILES string of the molecule is O=c1[nH]ccc2nc(NC(c3ccccc3)C(F)(F)F)c3ccc(F)cc3c12. The van der Waals surface area contributed by atoms with Gasteiger partial charge >= 0.3 is 6.18 Å². The van der Waals surface area contributed by atoms with Gasteiger partial charge in [-0.3, -0.25) is 4.79 Å². The van der Waals surface area contributed by atoms with E-state index in [1.165, 1.54) is 42.6 Å². The van der Waals surface area contributed by atoms with Gasteiger partial charge in [-0.15, -0.1) is 0 Å². The first-order chi connectivity index (χ1) is 13.3. The molecule has 0 aliphatic heterocycles. The third kappa shape index (κ3) is 3.17. The summed E-state index contributed by atoms with van der Waals surface area (Å²) in [7, 11) is 0. The predicted octanol–water partition coefficient (Wildman–Crippen LogP) is 4.93. The normalized spacial score (nSPS) is 13.0. The Bertz CT molecular complexity index is 1220. The second kappa shape index (κ2) is 6.63. The summed E-state index contributed by atoms with van der Waals surface area (Å²) in [5.41, 5.74) is -0.320. The van der Waals surface area contributed by atoms with Crippen LogP contribution in [0.3, 0.4) is 0 Å². The maximum Gasteiger partial charge on any atom is 0.412 e. The number of hydrogen-bond donors (Lipinski definition) is 2. The lowest BCUT2D eigenvalue weighted by atomic mass is 10.0. The van der Waals surface area contributed by atoms with Gasteiger partial charge in [-0.25, -0.2) is 9.37 Å². The van der Waals surface area contributed by atoms with Crippen LogP contribution in [0.2, 0.25) is 0 Å². The Morgan fingerprint density at radius 3 is 2.46 bits per heavy atom. The highest BCUT2D eigenvalue weighted by Gasteiger charge is 2.41. The highest BCUT2D eigenvalue weighted by Crippen LogP contribution is 2.37. The second-order valence-electron chi connectivity index (χ2n) is 6.25. The van der Waals surface area contributed by atoms with Crippen LogP contribution in [0.1, 0.15) is 11.6 Å². The zero-order valence-electron chi connectivity index (χ0n) is 14.2. The molecule has 8 heteroatoms. The quantitative estimate of drug-likeness (QED) is 0.387. The molecule has 0 radical (unpaired) electrons. The molecule has 2 aromatic carbocycles. The molecule has 0 saturated heterocycles. The van der Waals surface area contributed by atoms with Crippen molar-refractivity contribution < 1.29 is 17.6 Å². The molecule has 4 nitrogen and oxygen atoms in total. The van der Waals surface area contributed by atoms with Crippen LogP contribution in [0.5, 0.6) is 0 Å². The Morgan fingerprint density at radius 1 is 1.00 bits per heavy atom. The summed E-state index contributed by atoms with van der Waals surface area (Å²) in [6.07, 6.45) is -3.26. The average molecular weight is 387 g/mol. The van der Waals surface area contributed by atoms with Crippen LogP contribution >= 0.6 is 0 Å². The van der Waals surface area contributed by atoms with Gasteiger partial charge in [0.2, 0.25) is 0 Å². The fourth-order valence-electron chi connectivity index (χ4n) is 3.18. The van der Waals surface area contributed by atoms with E-state index in [4.69, 9.17) is 0 Å². The molecule has 4 rings (SSSR count). The van der Waals surface area contributed by atoms with Gasteiger partial charge in [-0.2, -0.15) is 13.2 Å². The molecule has 0 fully saturated rings. The van der Waals surface area contributed by atoms with Crippen molar-refractivity contribution >= 4 is 27.5 Å². The average Bonchev–Trinajstić information content (AvgIpc) is 2.65. The summed E-state index contributed by atoms with van der Waals surface area (Å²) in [4.78, 5) is 18.9. The predicted molar refractivity (Wildman–Crippen MR) is 98.7 cm³/mol. The highest BCUT2D eigenvalue weighted by atomic mass is 19.4. The summed E-state index contributed by atoms with van der Waals surface area (Å²) in [5, 5.41) is 2.96. The number of benzene rings is 2. The molecule has 0 spiro atoms. The number of aromatic nitrogens is 2. The van der Waals surface area contributed by atoms with Gasteiger partial charge in [0, 0.05) is 17.0 Å². The highest BCUT2D eigenvalue weighted by molar-refractivity contribution is 6.09. The Hall–Kier alpha value is -3.42. The van der Waals surface area contributed by atoms with Crippen LogP contribution in [0.4, 0.5) is 23.4 Å². The van der Waals surface area contributed by atoms with Gasteiger partial charge in [0.05, 0.1) is 10.9 Å². The number of H-pyrrole nitrogens is 1. The summed E-state index contributed by atoms with van der Waals surface area (Å²) >= 11 is 0. The van der Waals surface area contributed by atoms with E-state index in [9.17, 15) is 22.4 Å². The van der Waals surface area contributed by atoms with E-state index in [0.29, 0.717) is 0 Å². The van der Waals surface area contributed by atoms with E-state index < -0.39 is 23.6 Å². The van der Waals surface area contributed by atoms with E-state index in [-0.39, 0.29) is 33.1 Å². The molecule has 0 saturated carbocycles. The molecule has 0 aliphatic carbocycles. The largest absolute Gasteiger partial charge is 0.412 e. The Balaban J connectivity index is 1.96. The number of aromatic amines is 1. The summed E-state index contributed by atoms with van der Waals surface area (Å²) < 4.78 is 55.0. The van der Waals surface area contributed by atoms with Crippen LogP contribution in [-0.4, -0.2) is 16.1 Å². The molecule has 2 heterocycles. The van der Waals surface area contributed by atoms with Gasteiger partial charge in [-0.05, 0) is 29.8 Å². The lowest BCUT2D eigenvalue weighted by Gasteiger charge is -2.23. The summed E-state index contributed by atoms with van der Waals surface area (Å²) in [6.45, 7) is 0. The number of nitrogens with one attached hydrogen (secondary N) is 2. The van der Waals surface area contributed by atoms with Crippen LogP contribution in [0, 0.1) is 5.82 Å². The minimum absolute atomic E-state index is 0.0121. The lowest BCUT2D eigenvalue weighted by Crippen LogP contribution is -2.28. The number of nitrogens with zero attached hydrogens (tertiary/aromatic N) is 1. The van der Waals surface area contributed by atoms with Crippen LogP contribution in [0.25, 0.3) is 21.7 Å². The minimum atomic E-state index is -4.60. The van der Waals surface area contributed by atoms with E-state index in [0.717, 1.165) is 12.1 Å². The number of halogens is 4. The van der Waals surface area contributed by atoms with E-state index in [1.807, 2.05) is 0 Å². The zero-order chi connectivity index (χ0) is 19.9. The Morgan fingerprint density at radius 2 is 1.75 bits per heavy atom. The molecule has 4 aromatic rings. The van der Waals surface area contributed by atoms with Gasteiger partial charge in [0.25, 0.3) is 5.56 Å². The molecular formula is C20H13F4N3O. The minimum Gasteiger partial charge on any atom is -0.355 e. The Labute approximate surface area is 155 Å². The van der Waals surface area contributed by atoms with Crippen molar-refractivity contribution in [3.8, 4) is 0 Å². The van der Waals surface area contributed by atoms with Gasteiger partial charge in [0.1, 0.15) is 17.7 Å². The third-order valence-electron chi connectivity index (χ3n) is 4.42. The molecular weight excluding hydrogens is 374 g/mol. The molecule has 0 amide bonds. The van der Waals surface area contributed by atoms with Crippen LogP contribution in [-0.2, 0) is 0 Å². The van der Waals surface area contributed by atoms with Gasteiger partial charge < -0.3 is 10.3 Å².